The van der Waals surface area contributed by atoms with Crippen LogP contribution >= 0.6 is 11.3 Å². The van der Waals surface area contributed by atoms with Crippen LogP contribution in [0.2, 0.25) is 0 Å². The van der Waals surface area contributed by atoms with Crippen molar-refractivity contribution in [3.63, 3.8) is 0 Å². The summed E-state index contributed by atoms with van der Waals surface area (Å²) in [6.45, 7) is 6.71. The monoisotopic (exact) mass is 307 g/mol. The van der Waals surface area contributed by atoms with Crippen LogP contribution in [0.5, 0.6) is 0 Å². The Kier molecular flexibility index (Phi) is 4.93. The minimum absolute atomic E-state index is 0.305. The molecule has 2 saturated heterocycles. The Labute approximate surface area is 131 Å². The molecule has 1 aromatic rings. The molecule has 1 amide bonds. The van der Waals surface area contributed by atoms with Gasteiger partial charge in [0.15, 0.2) is 0 Å². The number of hydrogen-bond donors (Lipinski definition) is 1. The topological polar surface area (TPSA) is 35.6 Å². The van der Waals surface area contributed by atoms with Gasteiger partial charge in [0.25, 0.3) is 0 Å². The molecule has 0 saturated carbocycles. The molecule has 0 aromatic carbocycles. The Balaban J connectivity index is 1.63. The van der Waals surface area contributed by atoms with Crippen molar-refractivity contribution in [2.24, 2.45) is 0 Å². The van der Waals surface area contributed by atoms with E-state index in [1.165, 1.54) is 4.88 Å². The third kappa shape index (κ3) is 3.30. The van der Waals surface area contributed by atoms with Gasteiger partial charge in [-0.3, -0.25) is 9.69 Å². The first kappa shape index (κ1) is 15.0. The highest BCUT2D eigenvalue weighted by Crippen LogP contribution is 2.34. The number of likely N-dealkylation sites (N-methyl/N-ethyl adjacent to an activating group) is 1. The second-order valence-corrected chi connectivity index (χ2v) is 6.95. The Hall–Kier alpha value is -0.910. The fourth-order valence-electron chi connectivity index (χ4n) is 3.56. The van der Waals surface area contributed by atoms with Crippen LogP contribution in [0.3, 0.4) is 0 Å². The van der Waals surface area contributed by atoms with E-state index in [0.29, 0.717) is 24.5 Å². The van der Waals surface area contributed by atoms with E-state index >= 15 is 0 Å². The maximum atomic E-state index is 12.7. The van der Waals surface area contributed by atoms with Gasteiger partial charge in [0.1, 0.15) is 0 Å². The lowest BCUT2D eigenvalue weighted by Gasteiger charge is -2.30. The van der Waals surface area contributed by atoms with Crippen molar-refractivity contribution in [2.45, 2.75) is 38.3 Å². The number of carbonyl (C=O) groups excluding carboxylic acids is 1. The molecular formula is C16H25N3OS. The van der Waals surface area contributed by atoms with Gasteiger partial charge in [-0.2, -0.15) is 0 Å². The number of carbonyl (C=O) groups is 1. The first-order valence-electron chi connectivity index (χ1n) is 8.07. The third-order valence-corrected chi connectivity index (χ3v) is 5.71. The number of amides is 1. The summed E-state index contributed by atoms with van der Waals surface area (Å²) in [5.41, 5.74) is 0. The number of likely N-dealkylation sites (tertiary alicyclic amines) is 1. The van der Waals surface area contributed by atoms with E-state index < -0.39 is 0 Å². The van der Waals surface area contributed by atoms with Crippen molar-refractivity contribution in [1.29, 1.82) is 0 Å². The molecule has 116 valence electrons. The predicted molar refractivity (Wildman–Crippen MR) is 86.5 cm³/mol. The summed E-state index contributed by atoms with van der Waals surface area (Å²) in [4.78, 5) is 18.5. The maximum Gasteiger partial charge on any atom is 0.237 e. The van der Waals surface area contributed by atoms with E-state index in [-0.39, 0.29) is 0 Å². The molecule has 0 radical (unpaired) electrons. The van der Waals surface area contributed by atoms with Crippen molar-refractivity contribution in [2.75, 3.05) is 32.7 Å². The van der Waals surface area contributed by atoms with Crippen LogP contribution in [0.1, 0.15) is 37.1 Å². The zero-order valence-electron chi connectivity index (χ0n) is 12.8. The standard InChI is InChI=1S/C16H25N3OS/c1-2-18(13-7-8-17-11-13)12-16(20)19-9-3-5-14(19)15-6-4-10-21-15/h4,6,10,13-14,17H,2-3,5,7-9,11-12H2,1H3. The smallest absolute Gasteiger partial charge is 0.237 e. The SMILES string of the molecule is CCN(CC(=O)N1CCCC1c1cccs1)C1CCNC1. The van der Waals surface area contributed by atoms with Gasteiger partial charge in [-0.05, 0) is 43.8 Å². The highest BCUT2D eigenvalue weighted by Gasteiger charge is 2.32. The maximum absolute atomic E-state index is 12.7. The van der Waals surface area contributed by atoms with E-state index in [1.54, 1.807) is 11.3 Å². The minimum Gasteiger partial charge on any atom is -0.334 e. The molecule has 1 aromatic heterocycles. The molecule has 4 nitrogen and oxygen atoms in total. The van der Waals surface area contributed by atoms with Crippen LogP contribution < -0.4 is 5.32 Å². The van der Waals surface area contributed by atoms with Gasteiger partial charge in [0.05, 0.1) is 12.6 Å². The van der Waals surface area contributed by atoms with Gasteiger partial charge in [0.2, 0.25) is 5.91 Å². The van der Waals surface area contributed by atoms with E-state index in [1.807, 2.05) is 0 Å². The van der Waals surface area contributed by atoms with Crippen molar-refractivity contribution < 1.29 is 4.79 Å². The molecule has 2 aliphatic rings. The third-order valence-electron chi connectivity index (χ3n) is 4.74. The molecule has 3 rings (SSSR count). The minimum atomic E-state index is 0.305. The molecule has 2 aliphatic heterocycles. The predicted octanol–water partition coefficient (Wildman–Crippen LogP) is 2.10. The van der Waals surface area contributed by atoms with E-state index in [9.17, 15) is 4.79 Å². The summed E-state index contributed by atoms with van der Waals surface area (Å²) in [5, 5.41) is 5.51. The van der Waals surface area contributed by atoms with Gasteiger partial charge >= 0.3 is 0 Å². The number of nitrogens with one attached hydrogen (secondary N) is 1. The van der Waals surface area contributed by atoms with Crippen LogP contribution in [0.4, 0.5) is 0 Å². The lowest BCUT2D eigenvalue weighted by molar-refractivity contribution is -0.133. The van der Waals surface area contributed by atoms with Crippen molar-refractivity contribution in [3.05, 3.63) is 22.4 Å². The summed E-state index contributed by atoms with van der Waals surface area (Å²) >= 11 is 1.77. The van der Waals surface area contributed by atoms with Gasteiger partial charge in [-0.25, -0.2) is 0 Å². The first-order chi connectivity index (χ1) is 10.3. The number of rotatable bonds is 5. The zero-order chi connectivity index (χ0) is 14.7. The van der Waals surface area contributed by atoms with Crippen molar-refractivity contribution in [1.82, 2.24) is 15.1 Å². The summed E-state index contributed by atoms with van der Waals surface area (Å²) < 4.78 is 0. The Bertz CT molecular complexity index is 456. The average Bonchev–Trinajstić information content (AvgIpc) is 3.25. The zero-order valence-corrected chi connectivity index (χ0v) is 13.6. The van der Waals surface area contributed by atoms with E-state index in [2.05, 4.69) is 39.6 Å². The number of thiophene rings is 1. The number of nitrogens with zero attached hydrogens (tertiary/aromatic N) is 2. The second-order valence-electron chi connectivity index (χ2n) is 5.97. The first-order valence-corrected chi connectivity index (χ1v) is 8.95. The highest BCUT2D eigenvalue weighted by molar-refractivity contribution is 7.10. The summed E-state index contributed by atoms with van der Waals surface area (Å²) in [6.07, 6.45) is 3.41. The van der Waals surface area contributed by atoms with Crippen LogP contribution in [-0.2, 0) is 4.79 Å². The molecule has 0 aliphatic carbocycles. The Morgan fingerprint density at radius 2 is 2.43 bits per heavy atom. The average molecular weight is 307 g/mol. The van der Waals surface area contributed by atoms with Crippen molar-refractivity contribution in [3.8, 4) is 0 Å². The molecule has 2 fully saturated rings. The molecule has 3 heterocycles. The lowest BCUT2D eigenvalue weighted by atomic mass is 10.2. The Morgan fingerprint density at radius 3 is 3.10 bits per heavy atom. The van der Waals surface area contributed by atoms with Crippen LogP contribution in [0.25, 0.3) is 0 Å². The molecule has 0 spiro atoms. The summed E-state index contributed by atoms with van der Waals surface area (Å²) in [5.74, 6) is 0.305. The molecule has 2 atom stereocenters. The van der Waals surface area contributed by atoms with Gasteiger partial charge in [-0.15, -0.1) is 11.3 Å². The largest absolute Gasteiger partial charge is 0.334 e. The van der Waals surface area contributed by atoms with Gasteiger partial charge in [-0.1, -0.05) is 13.0 Å². The second kappa shape index (κ2) is 6.90. The fraction of sp³-hybridized carbons (Fsp3) is 0.688. The molecular weight excluding hydrogens is 282 g/mol. The fourth-order valence-corrected chi connectivity index (χ4v) is 4.43. The number of hydrogen-bond acceptors (Lipinski definition) is 4. The molecule has 2 unspecified atom stereocenters. The molecule has 0 bridgehead atoms. The van der Waals surface area contributed by atoms with Crippen LogP contribution in [0, 0.1) is 0 Å². The van der Waals surface area contributed by atoms with E-state index in [0.717, 1.165) is 45.4 Å². The van der Waals surface area contributed by atoms with Gasteiger partial charge < -0.3 is 10.2 Å². The molecule has 1 N–H and O–H groups in total. The van der Waals surface area contributed by atoms with E-state index in [4.69, 9.17) is 0 Å². The summed E-state index contributed by atoms with van der Waals surface area (Å²) in [6, 6.07) is 5.10. The highest BCUT2D eigenvalue weighted by atomic mass is 32.1. The normalized spacial score (nSPS) is 25.9. The van der Waals surface area contributed by atoms with Crippen LogP contribution in [-0.4, -0.2) is 54.5 Å². The quantitative estimate of drug-likeness (QED) is 0.905. The molecule has 5 heteroatoms. The molecule has 21 heavy (non-hydrogen) atoms. The Morgan fingerprint density at radius 1 is 1.52 bits per heavy atom. The van der Waals surface area contributed by atoms with Gasteiger partial charge in [0, 0.05) is 24.0 Å². The van der Waals surface area contributed by atoms with Crippen molar-refractivity contribution >= 4 is 17.2 Å². The van der Waals surface area contributed by atoms with Crippen LogP contribution in [0.15, 0.2) is 17.5 Å². The lowest BCUT2D eigenvalue weighted by Crippen LogP contribution is -2.45. The summed E-state index contributed by atoms with van der Waals surface area (Å²) in [7, 11) is 0.